The van der Waals surface area contributed by atoms with E-state index in [-0.39, 0.29) is 22.2 Å². The molecule has 0 spiro atoms. The molecule has 0 amide bonds. The van der Waals surface area contributed by atoms with Gasteiger partial charge in [-0.2, -0.15) is 13.2 Å². The van der Waals surface area contributed by atoms with Crippen LogP contribution in [0.1, 0.15) is 34.0 Å². The molecule has 1 rings (SSSR count). The minimum atomic E-state index is -4.40. The van der Waals surface area contributed by atoms with Gasteiger partial charge in [0.05, 0.1) is 7.11 Å². The number of alkyl halides is 3. The number of aromatic nitrogens is 1. The lowest BCUT2D eigenvalue weighted by molar-refractivity contribution is -0.119. The van der Waals surface area contributed by atoms with Crippen LogP contribution in [0, 0.1) is 0 Å². The quantitative estimate of drug-likeness (QED) is 0.618. The summed E-state index contributed by atoms with van der Waals surface area (Å²) >= 11 is 0.749. The highest BCUT2D eigenvalue weighted by Crippen LogP contribution is 2.29. The van der Waals surface area contributed by atoms with Crippen molar-refractivity contribution in [3.05, 3.63) is 10.6 Å². The first-order chi connectivity index (χ1) is 9.19. The van der Waals surface area contributed by atoms with Gasteiger partial charge in [-0.1, -0.05) is 11.3 Å². The molecule has 20 heavy (non-hydrogen) atoms. The van der Waals surface area contributed by atoms with Gasteiger partial charge in [-0.05, 0) is 6.92 Å². The molecule has 0 bridgehead atoms. The van der Waals surface area contributed by atoms with Crippen LogP contribution in [0.4, 0.5) is 18.3 Å². The number of anilines is 1. The Labute approximate surface area is 117 Å². The molecule has 0 saturated heterocycles. The highest BCUT2D eigenvalue weighted by molar-refractivity contribution is 7.17. The van der Waals surface area contributed by atoms with Crippen molar-refractivity contribution < 1.29 is 27.5 Å². The molecule has 0 N–H and O–H groups in total. The molecule has 0 saturated carbocycles. The Hall–Kier alpha value is -1.64. The molecule has 0 fully saturated rings. The van der Waals surface area contributed by atoms with E-state index in [1.54, 1.807) is 0 Å². The van der Waals surface area contributed by atoms with Gasteiger partial charge < -0.3 is 9.64 Å². The van der Waals surface area contributed by atoms with Crippen LogP contribution in [-0.2, 0) is 4.74 Å². The lowest BCUT2D eigenvalue weighted by atomic mass is 10.3. The molecule has 1 aromatic heterocycles. The number of esters is 1. The van der Waals surface area contributed by atoms with E-state index < -0.39 is 24.5 Å². The van der Waals surface area contributed by atoms with Crippen LogP contribution in [0.3, 0.4) is 0 Å². The summed E-state index contributed by atoms with van der Waals surface area (Å²) in [5.74, 6) is -1.29. The average molecular weight is 310 g/mol. The number of methoxy groups -OCH3 is 1. The maximum absolute atomic E-state index is 12.4. The standard InChI is InChI=1S/C11H13F3N2O3S/c1-4-16(5-11(12,13)14)10-15-7(9(18)19-3)8(20-10)6(2)17/h4-5H2,1-3H3. The van der Waals surface area contributed by atoms with E-state index in [1.165, 1.54) is 13.8 Å². The van der Waals surface area contributed by atoms with Gasteiger partial charge in [0.15, 0.2) is 16.6 Å². The van der Waals surface area contributed by atoms with Gasteiger partial charge in [-0.3, -0.25) is 4.79 Å². The fourth-order valence-corrected chi connectivity index (χ4v) is 2.46. The third-order valence-corrected chi connectivity index (χ3v) is 3.55. The summed E-state index contributed by atoms with van der Waals surface area (Å²) in [6, 6.07) is 0. The number of carbonyl (C=O) groups is 2. The lowest BCUT2D eigenvalue weighted by Gasteiger charge is -2.21. The number of ketones is 1. The van der Waals surface area contributed by atoms with Crippen molar-refractivity contribution in [3.63, 3.8) is 0 Å². The molecule has 9 heteroatoms. The van der Waals surface area contributed by atoms with Crippen molar-refractivity contribution in [2.24, 2.45) is 0 Å². The average Bonchev–Trinajstić information content (AvgIpc) is 2.78. The number of nitrogens with zero attached hydrogens (tertiary/aromatic N) is 2. The smallest absolute Gasteiger partial charge is 0.406 e. The Morgan fingerprint density at radius 3 is 2.40 bits per heavy atom. The third kappa shape index (κ3) is 3.92. The summed E-state index contributed by atoms with van der Waals surface area (Å²) < 4.78 is 41.8. The van der Waals surface area contributed by atoms with E-state index in [2.05, 4.69) is 9.72 Å². The zero-order valence-corrected chi connectivity index (χ0v) is 11.9. The second-order valence-electron chi connectivity index (χ2n) is 3.85. The molecule has 1 aromatic rings. The second kappa shape index (κ2) is 6.21. The summed E-state index contributed by atoms with van der Waals surface area (Å²) in [6.07, 6.45) is -4.40. The maximum Gasteiger partial charge on any atom is 0.406 e. The van der Waals surface area contributed by atoms with Gasteiger partial charge in [0.2, 0.25) is 0 Å². The predicted molar refractivity (Wildman–Crippen MR) is 67.4 cm³/mol. The molecule has 0 unspecified atom stereocenters. The Bertz CT molecular complexity index is 514. The Kier molecular flexibility index (Phi) is 5.09. The van der Waals surface area contributed by atoms with Gasteiger partial charge >= 0.3 is 12.1 Å². The van der Waals surface area contributed by atoms with E-state index in [9.17, 15) is 22.8 Å². The molecule has 0 aliphatic rings. The molecular formula is C11H13F3N2O3S. The van der Waals surface area contributed by atoms with Crippen LogP contribution in [0.2, 0.25) is 0 Å². The monoisotopic (exact) mass is 310 g/mol. The molecular weight excluding hydrogens is 297 g/mol. The van der Waals surface area contributed by atoms with Crippen molar-refractivity contribution in [2.45, 2.75) is 20.0 Å². The third-order valence-electron chi connectivity index (χ3n) is 2.34. The number of Topliss-reactive ketones (excluding diaryl/α,β-unsaturated/α-hetero) is 1. The topological polar surface area (TPSA) is 59.5 Å². The summed E-state index contributed by atoms with van der Waals surface area (Å²) in [5, 5.41) is -0.0320. The van der Waals surface area contributed by atoms with E-state index in [0.717, 1.165) is 23.3 Å². The van der Waals surface area contributed by atoms with Crippen LogP contribution in [-0.4, -0.2) is 43.1 Å². The van der Waals surface area contributed by atoms with Crippen LogP contribution in [0.25, 0.3) is 0 Å². The lowest BCUT2D eigenvalue weighted by Crippen LogP contribution is -2.34. The number of rotatable bonds is 5. The van der Waals surface area contributed by atoms with Crippen molar-refractivity contribution in [1.29, 1.82) is 0 Å². The number of hydrogen-bond donors (Lipinski definition) is 0. The van der Waals surface area contributed by atoms with E-state index >= 15 is 0 Å². The van der Waals surface area contributed by atoms with Gasteiger partial charge in [-0.25, -0.2) is 9.78 Å². The van der Waals surface area contributed by atoms with Crippen LogP contribution in [0.5, 0.6) is 0 Å². The molecule has 0 aromatic carbocycles. The number of halogens is 3. The van der Waals surface area contributed by atoms with Crippen molar-refractivity contribution >= 4 is 28.2 Å². The van der Waals surface area contributed by atoms with Crippen LogP contribution >= 0.6 is 11.3 Å². The summed E-state index contributed by atoms with van der Waals surface area (Å²) in [6.45, 7) is 1.59. The molecule has 0 aliphatic heterocycles. The van der Waals surface area contributed by atoms with Crippen molar-refractivity contribution in [1.82, 2.24) is 4.98 Å². The number of carbonyl (C=O) groups excluding carboxylic acids is 2. The summed E-state index contributed by atoms with van der Waals surface area (Å²) in [4.78, 5) is 27.6. The SMILES string of the molecule is CCN(CC(F)(F)F)c1nc(C(=O)OC)c(C(C)=O)s1. The highest BCUT2D eigenvalue weighted by atomic mass is 32.1. The van der Waals surface area contributed by atoms with E-state index in [0.29, 0.717) is 0 Å². The first kappa shape index (κ1) is 16.4. The fraction of sp³-hybridized carbons (Fsp3) is 0.545. The fourth-order valence-electron chi connectivity index (χ4n) is 1.45. The molecule has 1 heterocycles. The van der Waals surface area contributed by atoms with Gasteiger partial charge in [0.25, 0.3) is 0 Å². The predicted octanol–water partition coefficient (Wildman–Crippen LogP) is 2.52. The maximum atomic E-state index is 12.4. The zero-order chi connectivity index (χ0) is 15.5. The summed E-state index contributed by atoms with van der Waals surface area (Å²) in [5.41, 5.74) is -0.249. The molecule has 112 valence electrons. The zero-order valence-electron chi connectivity index (χ0n) is 11.1. The van der Waals surface area contributed by atoms with Gasteiger partial charge in [-0.15, -0.1) is 0 Å². The van der Waals surface area contributed by atoms with Crippen LogP contribution < -0.4 is 4.90 Å². The van der Waals surface area contributed by atoms with Crippen molar-refractivity contribution in [3.8, 4) is 0 Å². The number of thiazole rings is 1. The van der Waals surface area contributed by atoms with Gasteiger partial charge in [0.1, 0.15) is 11.4 Å². The van der Waals surface area contributed by atoms with Crippen molar-refractivity contribution in [2.75, 3.05) is 25.1 Å². The molecule has 5 nitrogen and oxygen atoms in total. The molecule has 0 aliphatic carbocycles. The highest BCUT2D eigenvalue weighted by Gasteiger charge is 2.33. The number of hydrogen-bond acceptors (Lipinski definition) is 6. The molecule has 0 atom stereocenters. The normalized spacial score (nSPS) is 11.3. The minimum absolute atomic E-state index is 0.00697. The largest absolute Gasteiger partial charge is 0.464 e. The second-order valence-corrected chi connectivity index (χ2v) is 4.83. The van der Waals surface area contributed by atoms with E-state index in [4.69, 9.17) is 0 Å². The first-order valence-corrected chi connectivity index (χ1v) is 6.43. The van der Waals surface area contributed by atoms with Gasteiger partial charge in [0, 0.05) is 13.5 Å². The van der Waals surface area contributed by atoms with Crippen LogP contribution in [0.15, 0.2) is 0 Å². The minimum Gasteiger partial charge on any atom is -0.464 e. The van der Waals surface area contributed by atoms with E-state index in [1.807, 2.05) is 0 Å². The Morgan fingerprint density at radius 1 is 1.40 bits per heavy atom. The molecule has 0 radical (unpaired) electrons. The Balaban J connectivity index is 3.18. The number of ether oxygens (including phenoxy) is 1. The first-order valence-electron chi connectivity index (χ1n) is 5.61. The summed E-state index contributed by atoms with van der Waals surface area (Å²) in [7, 11) is 1.11. The Morgan fingerprint density at radius 2 is 2.00 bits per heavy atom.